The molecule has 1 unspecified atom stereocenters. The minimum atomic E-state index is -0.526. The minimum Gasteiger partial charge on any atom is -0.369 e. The van der Waals surface area contributed by atoms with Crippen LogP contribution in [-0.2, 0) is 4.79 Å². The number of primary amides is 1. The molecule has 0 aliphatic carbocycles. The minimum absolute atomic E-state index is 0.411. The maximum Gasteiger partial charge on any atom is 0.226 e. The van der Waals surface area contributed by atoms with Gasteiger partial charge in [0.15, 0.2) is 6.29 Å². The Hall–Kier alpha value is -1.71. The molecule has 13 heavy (non-hydrogen) atoms. The zero-order valence-corrected chi connectivity index (χ0v) is 7.23. The predicted octanol–water partition coefficient (Wildman–Crippen LogP) is 0.483. The standard InChI is InChI=1S/C9H10N2O2/c1-6(9(10)13)8-7(5-12)3-2-4-11-8/h2-6H,1H3,(H2,10,13). The van der Waals surface area contributed by atoms with E-state index in [1.54, 1.807) is 19.1 Å². The molecular weight excluding hydrogens is 168 g/mol. The van der Waals surface area contributed by atoms with Gasteiger partial charge in [-0.1, -0.05) is 0 Å². The van der Waals surface area contributed by atoms with Crippen LogP contribution >= 0.6 is 0 Å². The van der Waals surface area contributed by atoms with Crippen molar-refractivity contribution in [3.63, 3.8) is 0 Å². The lowest BCUT2D eigenvalue weighted by Crippen LogP contribution is -2.20. The zero-order valence-electron chi connectivity index (χ0n) is 7.23. The van der Waals surface area contributed by atoms with Crippen LogP contribution in [0.2, 0.25) is 0 Å². The molecule has 1 amide bonds. The Labute approximate surface area is 75.8 Å². The smallest absolute Gasteiger partial charge is 0.226 e. The fraction of sp³-hybridized carbons (Fsp3) is 0.222. The molecule has 0 saturated heterocycles. The Morgan fingerprint density at radius 1 is 1.69 bits per heavy atom. The predicted molar refractivity (Wildman–Crippen MR) is 47.2 cm³/mol. The van der Waals surface area contributed by atoms with Crippen LogP contribution < -0.4 is 5.73 Å². The number of carbonyl (C=O) groups is 2. The van der Waals surface area contributed by atoms with Crippen LogP contribution in [0.1, 0.15) is 28.9 Å². The SMILES string of the molecule is CC(C(N)=O)c1ncccc1C=O. The van der Waals surface area contributed by atoms with Crippen LogP contribution in [0, 0.1) is 0 Å². The van der Waals surface area contributed by atoms with Crippen molar-refractivity contribution < 1.29 is 9.59 Å². The third-order valence-corrected chi connectivity index (χ3v) is 1.84. The molecule has 0 spiro atoms. The van der Waals surface area contributed by atoms with Crippen molar-refractivity contribution in [2.75, 3.05) is 0 Å². The number of pyridine rings is 1. The van der Waals surface area contributed by atoms with E-state index in [4.69, 9.17) is 5.73 Å². The number of aldehydes is 1. The molecule has 1 aromatic heterocycles. The van der Waals surface area contributed by atoms with Gasteiger partial charge in [-0.05, 0) is 19.1 Å². The Morgan fingerprint density at radius 2 is 2.38 bits per heavy atom. The topological polar surface area (TPSA) is 73.1 Å². The average molecular weight is 178 g/mol. The summed E-state index contributed by atoms with van der Waals surface area (Å²) in [4.78, 5) is 25.3. The number of hydrogen-bond acceptors (Lipinski definition) is 3. The molecular formula is C9H10N2O2. The molecule has 2 N–H and O–H groups in total. The van der Waals surface area contributed by atoms with Crippen molar-refractivity contribution in [2.24, 2.45) is 5.73 Å². The van der Waals surface area contributed by atoms with E-state index in [0.717, 1.165) is 0 Å². The van der Waals surface area contributed by atoms with Gasteiger partial charge >= 0.3 is 0 Å². The Morgan fingerprint density at radius 3 is 2.92 bits per heavy atom. The van der Waals surface area contributed by atoms with Gasteiger partial charge in [-0.2, -0.15) is 0 Å². The normalized spacial score (nSPS) is 12.1. The molecule has 0 aliphatic rings. The van der Waals surface area contributed by atoms with Crippen LogP contribution in [0.5, 0.6) is 0 Å². The molecule has 0 aromatic carbocycles. The first-order chi connectivity index (χ1) is 6.16. The summed E-state index contributed by atoms with van der Waals surface area (Å²) in [7, 11) is 0. The monoisotopic (exact) mass is 178 g/mol. The summed E-state index contributed by atoms with van der Waals surface area (Å²) in [6.45, 7) is 1.62. The Kier molecular flexibility index (Phi) is 2.74. The van der Waals surface area contributed by atoms with Crippen LogP contribution in [-0.4, -0.2) is 17.2 Å². The lowest BCUT2D eigenvalue weighted by molar-refractivity contribution is -0.119. The van der Waals surface area contributed by atoms with Crippen LogP contribution in [0.3, 0.4) is 0 Å². The Bertz CT molecular complexity index is 336. The van der Waals surface area contributed by atoms with Crippen molar-refractivity contribution in [1.82, 2.24) is 4.98 Å². The third kappa shape index (κ3) is 1.90. The molecule has 4 nitrogen and oxygen atoms in total. The van der Waals surface area contributed by atoms with Gasteiger partial charge in [0.1, 0.15) is 0 Å². The second-order valence-corrected chi connectivity index (χ2v) is 2.72. The zero-order chi connectivity index (χ0) is 9.84. The fourth-order valence-corrected chi connectivity index (χ4v) is 1.03. The van der Waals surface area contributed by atoms with Gasteiger partial charge < -0.3 is 5.73 Å². The molecule has 68 valence electrons. The van der Waals surface area contributed by atoms with Gasteiger partial charge in [0.25, 0.3) is 0 Å². The van der Waals surface area contributed by atoms with E-state index >= 15 is 0 Å². The summed E-state index contributed by atoms with van der Waals surface area (Å²) in [6, 6.07) is 3.25. The van der Waals surface area contributed by atoms with Crippen molar-refractivity contribution in [3.05, 3.63) is 29.6 Å². The van der Waals surface area contributed by atoms with E-state index < -0.39 is 11.8 Å². The average Bonchev–Trinajstić information content (AvgIpc) is 2.16. The van der Waals surface area contributed by atoms with Crippen LogP contribution in [0.25, 0.3) is 0 Å². The molecule has 0 fully saturated rings. The number of nitrogens with zero attached hydrogens (tertiary/aromatic N) is 1. The van der Waals surface area contributed by atoms with Crippen molar-refractivity contribution in [3.8, 4) is 0 Å². The van der Waals surface area contributed by atoms with Gasteiger partial charge in [0, 0.05) is 11.8 Å². The highest BCUT2D eigenvalue weighted by Crippen LogP contribution is 2.14. The van der Waals surface area contributed by atoms with E-state index in [0.29, 0.717) is 17.5 Å². The highest BCUT2D eigenvalue weighted by Gasteiger charge is 2.16. The molecule has 1 aromatic rings. The maximum atomic E-state index is 10.8. The molecule has 0 saturated carbocycles. The van der Waals surface area contributed by atoms with E-state index in [2.05, 4.69) is 4.98 Å². The molecule has 0 aliphatic heterocycles. The molecule has 1 heterocycles. The van der Waals surface area contributed by atoms with Crippen molar-refractivity contribution in [2.45, 2.75) is 12.8 Å². The largest absolute Gasteiger partial charge is 0.369 e. The quantitative estimate of drug-likeness (QED) is 0.684. The van der Waals surface area contributed by atoms with E-state index in [-0.39, 0.29) is 0 Å². The first-order valence-corrected chi connectivity index (χ1v) is 3.86. The van der Waals surface area contributed by atoms with E-state index in [1.165, 1.54) is 6.20 Å². The second-order valence-electron chi connectivity index (χ2n) is 2.72. The number of aromatic nitrogens is 1. The van der Waals surface area contributed by atoms with Crippen molar-refractivity contribution in [1.29, 1.82) is 0 Å². The molecule has 1 atom stereocenters. The summed E-state index contributed by atoms with van der Waals surface area (Å²) >= 11 is 0. The van der Waals surface area contributed by atoms with Gasteiger partial charge in [-0.3, -0.25) is 14.6 Å². The molecule has 0 radical (unpaired) electrons. The summed E-state index contributed by atoms with van der Waals surface area (Å²) in [5.74, 6) is -1.01. The first kappa shape index (κ1) is 9.38. The highest BCUT2D eigenvalue weighted by molar-refractivity contribution is 5.85. The fourth-order valence-electron chi connectivity index (χ4n) is 1.03. The van der Waals surface area contributed by atoms with Crippen molar-refractivity contribution >= 4 is 12.2 Å². The van der Waals surface area contributed by atoms with E-state index in [9.17, 15) is 9.59 Å². The summed E-state index contributed by atoms with van der Waals surface area (Å²) < 4.78 is 0. The van der Waals surface area contributed by atoms with Gasteiger partial charge in [0.05, 0.1) is 11.6 Å². The van der Waals surface area contributed by atoms with Gasteiger partial charge in [0.2, 0.25) is 5.91 Å². The number of rotatable bonds is 3. The summed E-state index contributed by atoms with van der Waals surface area (Å²) in [6.07, 6.45) is 2.20. The number of hydrogen-bond donors (Lipinski definition) is 1. The molecule has 0 bridgehead atoms. The van der Waals surface area contributed by atoms with Gasteiger partial charge in [-0.25, -0.2) is 0 Å². The second kappa shape index (κ2) is 3.80. The third-order valence-electron chi connectivity index (χ3n) is 1.84. The lowest BCUT2D eigenvalue weighted by Gasteiger charge is -2.07. The number of nitrogens with two attached hydrogens (primary N) is 1. The van der Waals surface area contributed by atoms with Crippen LogP contribution in [0.4, 0.5) is 0 Å². The van der Waals surface area contributed by atoms with Gasteiger partial charge in [-0.15, -0.1) is 0 Å². The summed E-state index contributed by atoms with van der Waals surface area (Å²) in [5, 5.41) is 0. The van der Waals surface area contributed by atoms with Crippen LogP contribution in [0.15, 0.2) is 18.3 Å². The maximum absolute atomic E-state index is 10.8. The molecule has 1 rings (SSSR count). The van der Waals surface area contributed by atoms with E-state index in [1.807, 2.05) is 0 Å². The molecule has 4 heteroatoms. The summed E-state index contributed by atoms with van der Waals surface area (Å²) in [5.41, 5.74) is 5.94. The highest BCUT2D eigenvalue weighted by atomic mass is 16.1. The Balaban J connectivity index is 3.12. The lowest BCUT2D eigenvalue weighted by atomic mass is 10.0. The number of carbonyl (C=O) groups excluding carboxylic acids is 2. The number of amides is 1. The first-order valence-electron chi connectivity index (χ1n) is 3.86.